The molecular formula is C15H21N3O2. The van der Waals surface area contributed by atoms with Gasteiger partial charge in [0.25, 0.3) is 0 Å². The molecule has 1 unspecified atom stereocenters. The fraction of sp³-hybridized carbons (Fsp3) is 0.400. The number of aryl methyl sites for hydroxylation is 1. The fourth-order valence-corrected chi connectivity index (χ4v) is 2.00. The average molecular weight is 275 g/mol. The SMILES string of the molecule is COc1ccc(-c2cnc(CCC(C)N)[nH]2)cc1OC. The number of ether oxygens (including phenoxy) is 2. The zero-order chi connectivity index (χ0) is 14.5. The Bertz CT molecular complexity index is 564. The first kappa shape index (κ1) is 14.4. The van der Waals surface area contributed by atoms with Crippen molar-refractivity contribution in [3.8, 4) is 22.8 Å². The molecule has 108 valence electrons. The van der Waals surface area contributed by atoms with Gasteiger partial charge in [-0.25, -0.2) is 4.98 Å². The molecule has 0 aliphatic carbocycles. The summed E-state index contributed by atoms with van der Waals surface area (Å²) in [7, 11) is 3.25. The number of rotatable bonds is 6. The second kappa shape index (κ2) is 6.43. The standard InChI is InChI=1S/C15H21N3O2/c1-10(16)4-7-15-17-9-12(18-15)11-5-6-13(19-2)14(8-11)20-3/h5-6,8-10H,4,7,16H2,1-3H3,(H,17,18). The van der Waals surface area contributed by atoms with Gasteiger partial charge in [-0.2, -0.15) is 0 Å². The maximum atomic E-state index is 5.76. The van der Waals surface area contributed by atoms with Gasteiger partial charge in [0.15, 0.2) is 11.5 Å². The van der Waals surface area contributed by atoms with E-state index < -0.39 is 0 Å². The van der Waals surface area contributed by atoms with E-state index in [1.165, 1.54) is 0 Å². The van der Waals surface area contributed by atoms with Gasteiger partial charge in [-0.15, -0.1) is 0 Å². The third kappa shape index (κ3) is 3.30. The minimum absolute atomic E-state index is 0.185. The molecule has 0 amide bonds. The van der Waals surface area contributed by atoms with Crippen LogP contribution in [-0.2, 0) is 6.42 Å². The molecule has 2 aromatic rings. The summed E-state index contributed by atoms with van der Waals surface area (Å²) in [5.74, 6) is 2.37. The van der Waals surface area contributed by atoms with Crippen LogP contribution in [0.2, 0.25) is 0 Å². The predicted molar refractivity (Wildman–Crippen MR) is 79.1 cm³/mol. The number of aromatic nitrogens is 2. The molecule has 2 rings (SSSR count). The Hall–Kier alpha value is -2.01. The van der Waals surface area contributed by atoms with E-state index in [1.54, 1.807) is 14.2 Å². The van der Waals surface area contributed by atoms with Crippen molar-refractivity contribution < 1.29 is 9.47 Å². The molecule has 5 heteroatoms. The van der Waals surface area contributed by atoms with Gasteiger partial charge in [-0.1, -0.05) is 0 Å². The summed E-state index contributed by atoms with van der Waals surface area (Å²) in [6, 6.07) is 5.98. The molecule has 1 heterocycles. The molecule has 0 aliphatic rings. The van der Waals surface area contributed by atoms with Gasteiger partial charge in [-0.3, -0.25) is 0 Å². The number of nitrogens with one attached hydrogen (secondary N) is 1. The normalized spacial score (nSPS) is 12.2. The van der Waals surface area contributed by atoms with Crippen molar-refractivity contribution in [3.63, 3.8) is 0 Å². The van der Waals surface area contributed by atoms with Gasteiger partial charge in [0, 0.05) is 18.0 Å². The van der Waals surface area contributed by atoms with E-state index in [0.717, 1.165) is 29.9 Å². The number of hydrogen-bond donors (Lipinski definition) is 2. The Morgan fingerprint density at radius 3 is 2.65 bits per heavy atom. The molecule has 0 aliphatic heterocycles. The third-order valence-corrected chi connectivity index (χ3v) is 3.16. The maximum Gasteiger partial charge on any atom is 0.161 e. The van der Waals surface area contributed by atoms with Crippen LogP contribution in [0, 0.1) is 0 Å². The highest BCUT2D eigenvalue weighted by molar-refractivity contribution is 5.63. The van der Waals surface area contributed by atoms with E-state index in [2.05, 4.69) is 9.97 Å². The van der Waals surface area contributed by atoms with E-state index >= 15 is 0 Å². The smallest absolute Gasteiger partial charge is 0.161 e. The lowest BCUT2D eigenvalue weighted by Crippen LogP contribution is -2.15. The lowest BCUT2D eigenvalue weighted by molar-refractivity contribution is 0.355. The largest absolute Gasteiger partial charge is 0.493 e. The lowest BCUT2D eigenvalue weighted by Gasteiger charge is -2.08. The van der Waals surface area contributed by atoms with E-state index in [4.69, 9.17) is 15.2 Å². The highest BCUT2D eigenvalue weighted by Crippen LogP contribution is 2.31. The molecular weight excluding hydrogens is 254 g/mol. The highest BCUT2D eigenvalue weighted by atomic mass is 16.5. The first-order chi connectivity index (χ1) is 9.63. The van der Waals surface area contributed by atoms with Gasteiger partial charge < -0.3 is 20.2 Å². The molecule has 0 spiro atoms. The summed E-state index contributed by atoms with van der Waals surface area (Å²) in [6.45, 7) is 2.00. The van der Waals surface area contributed by atoms with Gasteiger partial charge >= 0.3 is 0 Å². The molecule has 0 bridgehead atoms. The van der Waals surface area contributed by atoms with Crippen molar-refractivity contribution in [3.05, 3.63) is 30.2 Å². The van der Waals surface area contributed by atoms with Crippen LogP contribution in [0.1, 0.15) is 19.2 Å². The van der Waals surface area contributed by atoms with Crippen LogP contribution in [0.3, 0.4) is 0 Å². The van der Waals surface area contributed by atoms with Gasteiger partial charge in [0.1, 0.15) is 5.82 Å². The number of nitrogens with two attached hydrogens (primary N) is 1. The molecule has 0 radical (unpaired) electrons. The van der Waals surface area contributed by atoms with Crippen LogP contribution in [0.25, 0.3) is 11.3 Å². The van der Waals surface area contributed by atoms with E-state index in [-0.39, 0.29) is 6.04 Å². The lowest BCUT2D eigenvalue weighted by atomic mass is 10.1. The first-order valence-corrected chi connectivity index (χ1v) is 6.66. The second-order valence-corrected chi connectivity index (χ2v) is 4.83. The van der Waals surface area contributed by atoms with Crippen molar-refractivity contribution in [1.29, 1.82) is 0 Å². The topological polar surface area (TPSA) is 73.2 Å². The predicted octanol–water partition coefficient (Wildman–Crippen LogP) is 2.37. The Balaban J connectivity index is 2.19. The zero-order valence-electron chi connectivity index (χ0n) is 12.1. The number of benzene rings is 1. The molecule has 3 N–H and O–H groups in total. The van der Waals surface area contributed by atoms with E-state index in [1.807, 2.05) is 31.3 Å². The zero-order valence-corrected chi connectivity index (χ0v) is 12.1. The Morgan fingerprint density at radius 2 is 2.00 bits per heavy atom. The van der Waals surface area contributed by atoms with Crippen LogP contribution in [0.15, 0.2) is 24.4 Å². The molecule has 20 heavy (non-hydrogen) atoms. The summed E-state index contributed by atoms with van der Waals surface area (Å²) >= 11 is 0. The molecule has 1 aromatic carbocycles. The molecule has 5 nitrogen and oxygen atoms in total. The number of nitrogens with zero attached hydrogens (tertiary/aromatic N) is 1. The van der Waals surface area contributed by atoms with Crippen LogP contribution >= 0.6 is 0 Å². The molecule has 1 atom stereocenters. The van der Waals surface area contributed by atoms with Crippen molar-refractivity contribution in [2.24, 2.45) is 5.73 Å². The highest BCUT2D eigenvalue weighted by Gasteiger charge is 2.08. The molecule has 0 fully saturated rings. The summed E-state index contributed by atoms with van der Waals surface area (Å²) < 4.78 is 10.5. The fourth-order valence-electron chi connectivity index (χ4n) is 2.00. The van der Waals surface area contributed by atoms with Crippen LogP contribution in [0.4, 0.5) is 0 Å². The number of imidazole rings is 1. The molecule has 0 saturated heterocycles. The van der Waals surface area contributed by atoms with Gasteiger partial charge in [0.2, 0.25) is 0 Å². The number of hydrogen-bond acceptors (Lipinski definition) is 4. The Labute approximate surface area is 119 Å². The van der Waals surface area contributed by atoms with Gasteiger partial charge in [-0.05, 0) is 31.5 Å². The first-order valence-electron chi connectivity index (χ1n) is 6.66. The van der Waals surface area contributed by atoms with Crippen molar-refractivity contribution in [1.82, 2.24) is 9.97 Å². The minimum atomic E-state index is 0.185. The Kier molecular flexibility index (Phi) is 4.63. The van der Waals surface area contributed by atoms with Gasteiger partial charge in [0.05, 0.1) is 26.1 Å². The summed E-state index contributed by atoms with van der Waals surface area (Å²) in [4.78, 5) is 7.69. The number of aromatic amines is 1. The van der Waals surface area contributed by atoms with Crippen LogP contribution in [-0.4, -0.2) is 30.2 Å². The average Bonchev–Trinajstić information content (AvgIpc) is 2.93. The minimum Gasteiger partial charge on any atom is -0.493 e. The summed E-state index contributed by atoms with van der Waals surface area (Å²) in [5, 5.41) is 0. The molecule has 0 saturated carbocycles. The second-order valence-electron chi connectivity index (χ2n) is 4.83. The number of methoxy groups -OCH3 is 2. The van der Waals surface area contributed by atoms with Crippen molar-refractivity contribution in [2.75, 3.05) is 14.2 Å². The summed E-state index contributed by atoms with van der Waals surface area (Å²) in [6.07, 6.45) is 3.60. The monoisotopic (exact) mass is 275 g/mol. The van der Waals surface area contributed by atoms with Crippen molar-refractivity contribution >= 4 is 0 Å². The van der Waals surface area contributed by atoms with Crippen LogP contribution < -0.4 is 15.2 Å². The molecule has 1 aromatic heterocycles. The quantitative estimate of drug-likeness (QED) is 0.849. The summed E-state index contributed by atoms with van der Waals surface area (Å²) in [5.41, 5.74) is 7.74. The Morgan fingerprint density at radius 1 is 1.25 bits per heavy atom. The van der Waals surface area contributed by atoms with E-state index in [9.17, 15) is 0 Å². The van der Waals surface area contributed by atoms with Crippen LogP contribution in [0.5, 0.6) is 11.5 Å². The third-order valence-electron chi connectivity index (χ3n) is 3.16. The maximum absolute atomic E-state index is 5.76. The number of H-pyrrole nitrogens is 1. The van der Waals surface area contributed by atoms with Crippen molar-refractivity contribution in [2.45, 2.75) is 25.8 Å². The van der Waals surface area contributed by atoms with E-state index in [0.29, 0.717) is 11.5 Å².